The van der Waals surface area contributed by atoms with Crippen LogP contribution in [0, 0.1) is 0 Å². The van der Waals surface area contributed by atoms with E-state index in [1.165, 1.54) is 16.5 Å². The Morgan fingerprint density at radius 1 is 1.16 bits per heavy atom. The van der Waals surface area contributed by atoms with E-state index in [1.807, 2.05) is 6.07 Å². The van der Waals surface area contributed by atoms with E-state index in [-0.39, 0.29) is 0 Å². The molecule has 2 rings (SSSR count). The van der Waals surface area contributed by atoms with Gasteiger partial charge in [0.2, 0.25) is 0 Å². The van der Waals surface area contributed by atoms with Gasteiger partial charge >= 0.3 is 0 Å². The van der Waals surface area contributed by atoms with E-state index < -0.39 is 0 Å². The molecule has 0 saturated heterocycles. The monoisotopic (exact) mass is 261 g/mol. The van der Waals surface area contributed by atoms with Gasteiger partial charge in [-0.2, -0.15) is 0 Å². The highest BCUT2D eigenvalue weighted by atomic mass is 16.5. The van der Waals surface area contributed by atoms with Crippen LogP contribution >= 0.6 is 0 Å². The molecule has 2 aromatic rings. The zero-order chi connectivity index (χ0) is 13.7. The number of rotatable bonds is 7. The summed E-state index contributed by atoms with van der Waals surface area (Å²) >= 11 is 0. The molecular formula is C15H23N3O. The summed E-state index contributed by atoms with van der Waals surface area (Å²) in [5, 5.41) is 1.30. The zero-order valence-corrected chi connectivity index (χ0v) is 11.6. The van der Waals surface area contributed by atoms with Gasteiger partial charge in [0.05, 0.1) is 12.6 Å². The third kappa shape index (κ3) is 3.08. The second-order valence-corrected chi connectivity index (χ2v) is 4.77. The average molecular weight is 261 g/mol. The molecular weight excluding hydrogens is 238 g/mol. The number of benzene rings is 1. The number of nitrogens with two attached hydrogens (primary N) is 2. The van der Waals surface area contributed by atoms with Crippen LogP contribution in [0.1, 0.15) is 18.4 Å². The van der Waals surface area contributed by atoms with Gasteiger partial charge < -0.3 is 20.8 Å². The van der Waals surface area contributed by atoms with Gasteiger partial charge in [0, 0.05) is 24.2 Å². The fraction of sp³-hybridized carbons (Fsp3) is 0.467. The molecule has 0 atom stereocenters. The largest absolute Gasteiger partial charge is 0.497 e. The third-order valence-electron chi connectivity index (χ3n) is 3.43. The summed E-state index contributed by atoms with van der Waals surface area (Å²) in [5.74, 6) is 0.893. The molecule has 1 aromatic heterocycles. The SMILES string of the molecule is COc1ccc2c(CCCN)cn(CCCN)c2c1. The molecule has 104 valence electrons. The molecule has 4 nitrogen and oxygen atoms in total. The van der Waals surface area contributed by atoms with E-state index >= 15 is 0 Å². The number of nitrogens with zero attached hydrogens (tertiary/aromatic N) is 1. The van der Waals surface area contributed by atoms with Gasteiger partial charge in [-0.3, -0.25) is 0 Å². The van der Waals surface area contributed by atoms with Crippen molar-refractivity contribution in [2.45, 2.75) is 25.8 Å². The molecule has 0 radical (unpaired) electrons. The summed E-state index contributed by atoms with van der Waals surface area (Å²) in [6.45, 7) is 2.39. The Labute approximate surface area is 114 Å². The summed E-state index contributed by atoms with van der Waals surface area (Å²) in [6, 6.07) is 6.25. The maximum absolute atomic E-state index is 5.61. The van der Waals surface area contributed by atoms with Gasteiger partial charge in [-0.05, 0) is 50.0 Å². The molecule has 0 fully saturated rings. The minimum atomic E-state index is 0.710. The van der Waals surface area contributed by atoms with E-state index in [4.69, 9.17) is 16.2 Å². The number of hydrogen-bond acceptors (Lipinski definition) is 3. The first-order chi connectivity index (χ1) is 9.30. The summed E-state index contributed by atoms with van der Waals surface area (Å²) in [7, 11) is 1.70. The van der Waals surface area contributed by atoms with Crippen LogP contribution in [0.25, 0.3) is 10.9 Å². The maximum atomic E-state index is 5.61. The smallest absolute Gasteiger partial charge is 0.120 e. The van der Waals surface area contributed by atoms with Gasteiger partial charge in [-0.1, -0.05) is 0 Å². The molecule has 19 heavy (non-hydrogen) atoms. The second kappa shape index (κ2) is 6.59. The summed E-state index contributed by atoms with van der Waals surface area (Å²) in [6.07, 6.45) is 5.25. The minimum absolute atomic E-state index is 0.710. The Bertz CT molecular complexity index is 533. The molecule has 4 heteroatoms. The van der Waals surface area contributed by atoms with E-state index in [0.29, 0.717) is 6.54 Å². The standard InChI is InChI=1S/C15H23N3O/c1-19-13-5-6-14-12(4-2-7-16)11-18(9-3-8-17)15(14)10-13/h5-6,10-11H,2-4,7-9,16-17H2,1H3. The van der Waals surface area contributed by atoms with Crippen LogP contribution in [-0.4, -0.2) is 24.8 Å². The number of aryl methyl sites for hydroxylation is 2. The Morgan fingerprint density at radius 2 is 1.95 bits per heavy atom. The van der Waals surface area contributed by atoms with Crippen LogP contribution in [-0.2, 0) is 13.0 Å². The Hall–Kier alpha value is -1.52. The highest BCUT2D eigenvalue weighted by Gasteiger charge is 2.09. The first-order valence-corrected chi connectivity index (χ1v) is 6.86. The van der Waals surface area contributed by atoms with Gasteiger partial charge in [-0.15, -0.1) is 0 Å². The van der Waals surface area contributed by atoms with Crippen molar-refractivity contribution in [3.63, 3.8) is 0 Å². The Balaban J connectivity index is 2.40. The van der Waals surface area contributed by atoms with Crippen LogP contribution in [0.4, 0.5) is 0 Å². The molecule has 0 aliphatic heterocycles. The van der Waals surface area contributed by atoms with Crippen LogP contribution in [0.5, 0.6) is 5.75 Å². The van der Waals surface area contributed by atoms with Crippen molar-refractivity contribution in [3.8, 4) is 5.75 Å². The van der Waals surface area contributed by atoms with Crippen molar-refractivity contribution in [2.75, 3.05) is 20.2 Å². The van der Waals surface area contributed by atoms with Gasteiger partial charge in [-0.25, -0.2) is 0 Å². The zero-order valence-electron chi connectivity index (χ0n) is 11.6. The molecule has 1 heterocycles. The summed E-state index contributed by atoms with van der Waals surface area (Å²) in [5.41, 5.74) is 13.8. The van der Waals surface area contributed by atoms with Crippen molar-refractivity contribution >= 4 is 10.9 Å². The number of ether oxygens (including phenoxy) is 1. The van der Waals surface area contributed by atoms with E-state index in [1.54, 1.807) is 7.11 Å². The number of aromatic nitrogens is 1. The fourth-order valence-corrected chi connectivity index (χ4v) is 2.41. The molecule has 0 unspecified atom stereocenters. The van der Waals surface area contributed by atoms with Gasteiger partial charge in [0.1, 0.15) is 5.75 Å². The third-order valence-corrected chi connectivity index (χ3v) is 3.43. The minimum Gasteiger partial charge on any atom is -0.497 e. The Kier molecular flexibility index (Phi) is 4.82. The molecule has 4 N–H and O–H groups in total. The average Bonchev–Trinajstić information content (AvgIpc) is 2.80. The highest BCUT2D eigenvalue weighted by molar-refractivity contribution is 5.85. The van der Waals surface area contributed by atoms with Crippen molar-refractivity contribution in [1.29, 1.82) is 0 Å². The van der Waals surface area contributed by atoms with E-state index in [2.05, 4.69) is 22.9 Å². The molecule has 0 amide bonds. The Morgan fingerprint density at radius 3 is 2.63 bits per heavy atom. The molecule has 1 aromatic carbocycles. The lowest BCUT2D eigenvalue weighted by atomic mass is 10.1. The quantitative estimate of drug-likeness (QED) is 0.800. The highest BCUT2D eigenvalue weighted by Crippen LogP contribution is 2.26. The van der Waals surface area contributed by atoms with Gasteiger partial charge in [0.15, 0.2) is 0 Å². The van der Waals surface area contributed by atoms with E-state index in [0.717, 1.165) is 38.1 Å². The van der Waals surface area contributed by atoms with Crippen molar-refractivity contribution < 1.29 is 4.74 Å². The van der Waals surface area contributed by atoms with Crippen molar-refractivity contribution in [1.82, 2.24) is 4.57 Å². The maximum Gasteiger partial charge on any atom is 0.120 e. The summed E-state index contributed by atoms with van der Waals surface area (Å²) in [4.78, 5) is 0. The predicted octanol–water partition coefficient (Wildman–Crippen LogP) is 1.89. The van der Waals surface area contributed by atoms with Crippen LogP contribution in [0.3, 0.4) is 0 Å². The topological polar surface area (TPSA) is 66.2 Å². The molecule has 0 aliphatic carbocycles. The lowest BCUT2D eigenvalue weighted by Gasteiger charge is -2.05. The van der Waals surface area contributed by atoms with Crippen molar-refractivity contribution in [3.05, 3.63) is 30.0 Å². The molecule has 0 bridgehead atoms. The first-order valence-electron chi connectivity index (χ1n) is 6.86. The number of fused-ring (bicyclic) bond motifs is 1. The normalized spacial score (nSPS) is 11.1. The van der Waals surface area contributed by atoms with Crippen LogP contribution < -0.4 is 16.2 Å². The fourth-order valence-electron chi connectivity index (χ4n) is 2.41. The predicted molar refractivity (Wildman–Crippen MR) is 79.5 cm³/mol. The molecule has 0 spiro atoms. The first kappa shape index (κ1) is 13.9. The van der Waals surface area contributed by atoms with Gasteiger partial charge in [0.25, 0.3) is 0 Å². The summed E-state index contributed by atoms with van der Waals surface area (Å²) < 4.78 is 7.59. The van der Waals surface area contributed by atoms with E-state index in [9.17, 15) is 0 Å². The lowest BCUT2D eigenvalue weighted by molar-refractivity contribution is 0.415. The number of hydrogen-bond donors (Lipinski definition) is 2. The van der Waals surface area contributed by atoms with Crippen molar-refractivity contribution in [2.24, 2.45) is 11.5 Å². The second-order valence-electron chi connectivity index (χ2n) is 4.77. The lowest BCUT2D eigenvalue weighted by Crippen LogP contribution is -2.05. The van der Waals surface area contributed by atoms with Crippen LogP contribution in [0.15, 0.2) is 24.4 Å². The number of methoxy groups -OCH3 is 1. The van der Waals surface area contributed by atoms with Crippen LogP contribution in [0.2, 0.25) is 0 Å². The molecule has 0 aliphatic rings. The molecule has 0 saturated carbocycles.